The molecule has 0 radical (unpaired) electrons. The molecule has 0 amide bonds. The van der Waals surface area contributed by atoms with E-state index in [1.165, 1.54) is 6.07 Å². The van der Waals surface area contributed by atoms with E-state index in [2.05, 4.69) is 5.10 Å². The Morgan fingerprint density at radius 1 is 1.44 bits per heavy atom. The van der Waals surface area contributed by atoms with Crippen molar-refractivity contribution in [3.63, 3.8) is 0 Å². The van der Waals surface area contributed by atoms with Crippen molar-refractivity contribution in [1.82, 2.24) is 9.78 Å². The summed E-state index contributed by atoms with van der Waals surface area (Å²) >= 11 is 0. The predicted octanol–water partition coefficient (Wildman–Crippen LogP) is 2.53. The SMILES string of the molecule is Cc1ccc(C(O)CCc2cnn(C)c2)c(F)c1. The largest absolute Gasteiger partial charge is 0.388 e. The molecule has 2 rings (SSSR count). The Morgan fingerprint density at radius 2 is 2.22 bits per heavy atom. The number of rotatable bonds is 4. The fraction of sp³-hybridized carbons (Fsp3) is 0.357. The topological polar surface area (TPSA) is 38.1 Å². The highest BCUT2D eigenvalue weighted by Gasteiger charge is 2.13. The first kappa shape index (κ1) is 12.8. The average molecular weight is 248 g/mol. The zero-order valence-electron chi connectivity index (χ0n) is 10.6. The van der Waals surface area contributed by atoms with E-state index >= 15 is 0 Å². The molecule has 1 unspecified atom stereocenters. The summed E-state index contributed by atoms with van der Waals surface area (Å²) in [4.78, 5) is 0. The third-order valence-corrected chi connectivity index (χ3v) is 2.98. The average Bonchev–Trinajstić information content (AvgIpc) is 2.72. The second-order valence-electron chi connectivity index (χ2n) is 4.60. The second kappa shape index (κ2) is 5.31. The maximum Gasteiger partial charge on any atom is 0.129 e. The van der Waals surface area contributed by atoms with Gasteiger partial charge in [0.2, 0.25) is 0 Å². The Labute approximate surface area is 106 Å². The van der Waals surface area contributed by atoms with E-state index in [1.807, 2.05) is 26.2 Å². The predicted molar refractivity (Wildman–Crippen MR) is 67.6 cm³/mol. The lowest BCUT2D eigenvalue weighted by Gasteiger charge is -2.11. The zero-order chi connectivity index (χ0) is 13.1. The zero-order valence-corrected chi connectivity index (χ0v) is 10.6. The van der Waals surface area contributed by atoms with Gasteiger partial charge in [0.1, 0.15) is 5.82 Å². The van der Waals surface area contributed by atoms with Crippen molar-refractivity contribution in [3.8, 4) is 0 Å². The lowest BCUT2D eigenvalue weighted by molar-refractivity contribution is 0.163. The van der Waals surface area contributed by atoms with Crippen molar-refractivity contribution >= 4 is 0 Å². The minimum atomic E-state index is -0.772. The van der Waals surface area contributed by atoms with Gasteiger partial charge in [-0.1, -0.05) is 12.1 Å². The fourth-order valence-electron chi connectivity index (χ4n) is 1.96. The van der Waals surface area contributed by atoms with Gasteiger partial charge in [-0.25, -0.2) is 4.39 Å². The lowest BCUT2D eigenvalue weighted by Crippen LogP contribution is -2.02. The highest BCUT2D eigenvalue weighted by molar-refractivity contribution is 5.25. The van der Waals surface area contributed by atoms with Crippen LogP contribution in [-0.2, 0) is 13.5 Å². The van der Waals surface area contributed by atoms with Crippen LogP contribution in [0.15, 0.2) is 30.6 Å². The van der Waals surface area contributed by atoms with Crippen molar-refractivity contribution in [3.05, 3.63) is 53.1 Å². The van der Waals surface area contributed by atoms with Crippen LogP contribution >= 0.6 is 0 Å². The van der Waals surface area contributed by atoms with Crippen LogP contribution in [0.1, 0.15) is 29.2 Å². The highest BCUT2D eigenvalue weighted by Crippen LogP contribution is 2.22. The fourth-order valence-corrected chi connectivity index (χ4v) is 1.96. The molecule has 0 aliphatic heterocycles. The van der Waals surface area contributed by atoms with Crippen LogP contribution in [0, 0.1) is 12.7 Å². The number of hydrogen-bond donors (Lipinski definition) is 1. The van der Waals surface area contributed by atoms with Gasteiger partial charge in [-0.3, -0.25) is 4.68 Å². The number of benzene rings is 1. The molecule has 2 aromatic rings. The van der Waals surface area contributed by atoms with Gasteiger partial charge in [0.05, 0.1) is 12.3 Å². The third kappa shape index (κ3) is 2.96. The molecule has 1 heterocycles. The first-order valence-corrected chi connectivity index (χ1v) is 5.98. The Morgan fingerprint density at radius 3 is 2.83 bits per heavy atom. The summed E-state index contributed by atoms with van der Waals surface area (Å²) in [6.45, 7) is 1.83. The first-order valence-electron chi connectivity index (χ1n) is 5.98. The molecule has 0 aliphatic carbocycles. The van der Waals surface area contributed by atoms with Crippen LogP contribution < -0.4 is 0 Å². The summed E-state index contributed by atoms with van der Waals surface area (Å²) in [5.74, 6) is -0.339. The van der Waals surface area contributed by atoms with E-state index < -0.39 is 6.10 Å². The maximum absolute atomic E-state index is 13.7. The Bertz CT molecular complexity index is 536. The van der Waals surface area contributed by atoms with Crippen molar-refractivity contribution < 1.29 is 9.50 Å². The molecule has 3 nitrogen and oxygen atoms in total. The first-order chi connectivity index (χ1) is 8.56. The van der Waals surface area contributed by atoms with E-state index in [-0.39, 0.29) is 5.82 Å². The molecule has 1 N–H and O–H groups in total. The Balaban J connectivity index is 2.01. The summed E-state index contributed by atoms with van der Waals surface area (Å²) in [6.07, 6.45) is 4.07. The van der Waals surface area contributed by atoms with Crippen LogP contribution in [0.3, 0.4) is 0 Å². The summed E-state index contributed by atoms with van der Waals surface area (Å²) in [5.41, 5.74) is 2.27. The molecule has 1 aromatic carbocycles. The molecule has 0 spiro atoms. The number of aliphatic hydroxyl groups excluding tert-OH is 1. The molecule has 18 heavy (non-hydrogen) atoms. The molecule has 0 saturated carbocycles. The van der Waals surface area contributed by atoms with Gasteiger partial charge in [-0.2, -0.15) is 5.10 Å². The standard InChI is InChI=1S/C14H17FN2O/c1-10-3-5-12(13(15)7-10)14(18)6-4-11-8-16-17(2)9-11/h3,5,7-9,14,18H,4,6H2,1-2H3. The van der Waals surface area contributed by atoms with Gasteiger partial charge in [-0.15, -0.1) is 0 Å². The van der Waals surface area contributed by atoms with Crippen LogP contribution in [0.2, 0.25) is 0 Å². The molecule has 0 fully saturated rings. The number of hydrogen-bond acceptors (Lipinski definition) is 2. The van der Waals surface area contributed by atoms with E-state index in [4.69, 9.17) is 0 Å². The van der Waals surface area contributed by atoms with Crippen LogP contribution in [0.25, 0.3) is 0 Å². The van der Waals surface area contributed by atoms with Gasteiger partial charge >= 0.3 is 0 Å². The van der Waals surface area contributed by atoms with E-state index in [1.54, 1.807) is 16.9 Å². The summed E-state index contributed by atoms with van der Waals surface area (Å²) in [6, 6.07) is 4.91. The molecule has 96 valence electrons. The number of aliphatic hydroxyl groups is 1. The molecule has 0 aliphatic rings. The molecule has 0 bridgehead atoms. The van der Waals surface area contributed by atoms with Crippen LogP contribution in [0.5, 0.6) is 0 Å². The number of aryl methyl sites for hydroxylation is 3. The van der Waals surface area contributed by atoms with Crippen LogP contribution in [-0.4, -0.2) is 14.9 Å². The molecular formula is C14H17FN2O. The highest BCUT2D eigenvalue weighted by atomic mass is 19.1. The molecule has 1 atom stereocenters. The van der Waals surface area contributed by atoms with Crippen molar-refractivity contribution in [1.29, 1.82) is 0 Å². The van der Waals surface area contributed by atoms with Gasteiger partial charge < -0.3 is 5.11 Å². The minimum Gasteiger partial charge on any atom is -0.388 e. The van der Waals surface area contributed by atoms with Crippen LogP contribution in [0.4, 0.5) is 4.39 Å². The quantitative estimate of drug-likeness (QED) is 0.903. The minimum absolute atomic E-state index is 0.339. The third-order valence-electron chi connectivity index (χ3n) is 2.98. The Hall–Kier alpha value is -1.68. The molecule has 4 heteroatoms. The number of aromatic nitrogens is 2. The maximum atomic E-state index is 13.7. The number of halogens is 1. The molecule has 0 saturated heterocycles. The Kier molecular flexibility index (Phi) is 3.77. The summed E-state index contributed by atoms with van der Waals surface area (Å²) in [5, 5.41) is 14.1. The smallest absolute Gasteiger partial charge is 0.129 e. The van der Waals surface area contributed by atoms with Gasteiger partial charge in [0, 0.05) is 18.8 Å². The molecular weight excluding hydrogens is 231 g/mol. The van der Waals surface area contributed by atoms with E-state index in [0.717, 1.165) is 11.1 Å². The van der Waals surface area contributed by atoms with Gasteiger partial charge in [0.15, 0.2) is 0 Å². The normalized spacial score (nSPS) is 12.7. The lowest BCUT2D eigenvalue weighted by atomic mass is 10.0. The molecule has 1 aromatic heterocycles. The van der Waals surface area contributed by atoms with Gasteiger partial charge in [-0.05, 0) is 37.0 Å². The van der Waals surface area contributed by atoms with Crippen molar-refractivity contribution in [2.45, 2.75) is 25.9 Å². The van der Waals surface area contributed by atoms with Crippen molar-refractivity contribution in [2.75, 3.05) is 0 Å². The van der Waals surface area contributed by atoms with E-state index in [0.29, 0.717) is 18.4 Å². The number of nitrogens with zero attached hydrogens (tertiary/aromatic N) is 2. The van der Waals surface area contributed by atoms with Crippen molar-refractivity contribution in [2.24, 2.45) is 7.05 Å². The summed E-state index contributed by atoms with van der Waals surface area (Å²) in [7, 11) is 1.85. The van der Waals surface area contributed by atoms with E-state index in [9.17, 15) is 9.50 Å². The monoisotopic (exact) mass is 248 g/mol. The van der Waals surface area contributed by atoms with Gasteiger partial charge in [0.25, 0.3) is 0 Å². The second-order valence-corrected chi connectivity index (χ2v) is 4.60. The summed E-state index contributed by atoms with van der Waals surface area (Å²) < 4.78 is 15.4.